The Kier molecular flexibility index (Phi) is 4.93. The summed E-state index contributed by atoms with van der Waals surface area (Å²) in [4.78, 5) is 0. The predicted molar refractivity (Wildman–Crippen MR) is 58.3 cm³/mol. The molecule has 0 saturated heterocycles. The van der Waals surface area contributed by atoms with E-state index in [-0.39, 0.29) is 5.56 Å². The summed E-state index contributed by atoms with van der Waals surface area (Å²) in [5, 5.41) is 2.93. The van der Waals surface area contributed by atoms with Crippen LogP contribution < -0.4 is 5.32 Å². The Morgan fingerprint density at radius 1 is 1.18 bits per heavy atom. The van der Waals surface area contributed by atoms with E-state index in [0.717, 1.165) is 19.0 Å². The quantitative estimate of drug-likeness (QED) is 0.623. The van der Waals surface area contributed by atoms with E-state index >= 15 is 0 Å². The Balaban J connectivity index is 2.77. The highest BCUT2D eigenvalue weighted by atomic mass is 19.4. The standard InChI is InChI=1S/C12H15F4N/c1-17-7-3-2-4-9-5-6-10(13)8-11(9)12(14,15)16/h5-6,8,17H,2-4,7H2,1H3. The molecule has 0 fully saturated rings. The number of unbranched alkanes of at least 4 members (excludes halogenated alkanes) is 1. The molecule has 1 nitrogen and oxygen atoms in total. The number of hydrogen-bond acceptors (Lipinski definition) is 1. The van der Waals surface area contributed by atoms with Crippen LogP contribution in [0.2, 0.25) is 0 Å². The first-order chi connectivity index (χ1) is 7.95. The third-order valence-electron chi connectivity index (χ3n) is 2.50. The topological polar surface area (TPSA) is 12.0 Å². The number of benzene rings is 1. The smallest absolute Gasteiger partial charge is 0.320 e. The van der Waals surface area contributed by atoms with Crippen molar-refractivity contribution in [3.05, 3.63) is 35.1 Å². The summed E-state index contributed by atoms with van der Waals surface area (Å²) in [5.41, 5.74) is -0.697. The van der Waals surface area contributed by atoms with Crippen molar-refractivity contribution >= 4 is 0 Å². The van der Waals surface area contributed by atoms with Gasteiger partial charge in [0.15, 0.2) is 0 Å². The molecule has 0 radical (unpaired) electrons. The van der Waals surface area contributed by atoms with Crippen LogP contribution in [-0.2, 0) is 12.6 Å². The van der Waals surface area contributed by atoms with Crippen molar-refractivity contribution in [1.82, 2.24) is 5.32 Å². The van der Waals surface area contributed by atoms with E-state index in [2.05, 4.69) is 5.32 Å². The third kappa shape index (κ3) is 4.34. The number of rotatable bonds is 5. The summed E-state index contributed by atoms with van der Waals surface area (Å²) in [6.07, 6.45) is -2.72. The second kappa shape index (κ2) is 6.00. The van der Waals surface area contributed by atoms with Gasteiger partial charge in [-0.15, -0.1) is 0 Å². The zero-order valence-corrected chi connectivity index (χ0v) is 9.57. The van der Waals surface area contributed by atoms with E-state index in [0.29, 0.717) is 18.9 Å². The van der Waals surface area contributed by atoms with Crippen LogP contribution in [0, 0.1) is 5.82 Å². The minimum Gasteiger partial charge on any atom is -0.320 e. The van der Waals surface area contributed by atoms with Gasteiger partial charge in [0.2, 0.25) is 0 Å². The molecule has 1 aromatic carbocycles. The Morgan fingerprint density at radius 3 is 2.47 bits per heavy atom. The first-order valence-electron chi connectivity index (χ1n) is 5.45. The molecule has 5 heteroatoms. The fraction of sp³-hybridized carbons (Fsp3) is 0.500. The number of hydrogen-bond donors (Lipinski definition) is 1. The molecule has 0 atom stereocenters. The molecule has 1 N–H and O–H groups in total. The highest BCUT2D eigenvalue weighted by molar-refractivity contribution is 5.30. The molecule has 0 heterocycles. The molecule has 17 heavy (non-hydrogen) atoms. The Bertz CT molecular complexity index is 360. The number of alkyl halides is 3. The SMILES string of the molecule is CNCCCCc1ccc(F)cc1C(F)(F)F. The number of nitrogens with one attached hydrogen (secondary N) is 1. The summed E-state index contributed by atoms with van der Waals surface area (Å²) >= 11 is 0. The summed E-state index contributed by atoms with van der Waals surface area (Å²) in [7, 11) is 1.79. The fourth-order valence-electron chi connectivity index (χ4n) is 1.65. The van der Waals surface area contributed by atoms with Crippen molar-refractivity contribution in [2.24, 2.45) is 0 Å². The predicted octanol–water partition coefficient (Wildman–Crippen LogP) is 3.39. The average molecular weight is 249 g/mol. The van der Waals surface area contributed by atoms with Gasteiger partial charge in [0.1, 0.15) is 5.82 Å². The molecule has 0 amide bonds. The van der Waals surface area contributed by atoms with Gasteiger partial charge in [0.05, 0.1) is 5.56 Å². The highest BCUT2D eigenvalue weighted by Crippen LogP contribution is 2.33. The van der Waals surface area contributed by atoms with Gasteiger partial charge in [-0.05, 0) is 50.6 Å². The normalized spacial score (nSPS) is 11.8. The average Bonchev–Trinajstić information content (AvgIpc) is 2.25. The molecule has 0 spiro atoms. The van der Waals surface area contributed by atoms with E-state index in [1.807, 2.05) is 0 Å². The van der Waals surface area contributed by atoms with Crippen LogP contribution >= 0.6 is 0 Å². The molecule has 0 aliphatic heterocycles. The second-order valence-corrected chi connectivity index (χ2v) is 3.86. The van der Waals surface area contributed by atoms with E-state index < -0.39 is 17.6 Å². The molecule has 0 aliphatic carbocycles. The van der Waals surface area contributed by atoms with Gasteiger partial charge in [-0.3, -0.25) is 0 Å². The highest BCUT2D eigenvalue weighted by Gasteiger charge is 2.33. The Hall–Kier alpha value is -1.10. The second-order valence-electron chi connectivity index (χ2n) is 3.86. The zero-order chi connectivity index (χ0) is 12.9. The van der Waals surface area contributed by atoms with Gasteiger partial charge < -0.3 is 5.32 Å². The molecule has 96 valence electrons. The minimum absolute atomic E-state index is 0.162. The van der Waals surface area contributed by atoms with Crippen molar-refractivity contribution in [3.63, 3.8) is 0 Å². The van der Waals surface area contributed by atoms with E-state index in [4.69, 9.17) is 0 Å². The molecule has 0 aromatic heterocycles. The molecule has 1 aromatic rings. The fourth-order valence-corrected chi connectivity index (χ4v) is 1.65. The van der Waals surface area contributed by atoms with Crippen molar-refractivity contribution in [3.8, 4) is 0 Å². The van der Waals surface area contributed by atoms with Gasteiger partial charge in [-0.2, -0.15) is 13.2 Å². The van der Waals surface area contributed by atoms with Crippen molar-refractivity contribution in [1.29, 1.82) is 0 Å². The minimum atomic E-state index is -4.49. The van der Waals surface area contributed by atoms with Crippen LogP contribution in [0.3, 0.4) is 0 Å². The van der Waals surface area contributed by atoms with E-state index in [1.54, 1.807) is 7.05 Å². The molecule has 0 unspecified atom stereocenters. The zero-order valence-electron chi connectivity index (χ0n) is 9.57. The first-order valence-corrected chi connectivity index (χ1v) is 5.45. The van der Waals surface area contributed by atoms with Crippen LogP contribution in [0.5, 0.6) is 0 Å². The lowest BCUT2D eigenvalue weighted by Gasteiger charge is -2.12. The van der Waals surface area contributed by atoms with Gasteiger partial charge >= 0.3 is 6.18 Å². The molecular formula is C12H15F4N. The van der Waals surface area contributed by atoms with Gasteiger partial charge in [0.25, 0.3) is 0 Å². The molecule has 1 rings (SSSR count). The van der Waals surface area contributed by atoms with E-state index in [9.17, 15) is 17.6 Å². The van der Waals surface area contributed by atoms with Crippen LogP contribution in [0.1, 0.15) is 24.0 Å². The summed E-state index contributed by atoms with van der Waals surface area (Å²) in [5.74, 6) is -0.851. The van der Waals surface area contributed by atoms with Crippen LogP contribution in [-0.4, -0.2) is 13.6 Å². The largest absolute Gasteiger partial charge is 0.416 e. The lowest BCUT2D eigenvalue weighted by Crippen LogP contribution is -2.11. The van der Waals surface area contributed by atoms with Crippen molar-refractivity contribution < 1.29 is 17.6 Å². The Labute approximate surface area is 97.8 Å². The summed E-state index contributed by atoms with van der Waals surface area (Å²) in [6, 6.07) is 2.85. The van der Waals surface area contributed by atoms with Gasteiger partial charge in [0, 0.05) is 0 Å². The monoisotopic (exact) mass is 249 g/mol. The summed E-state index contributed by atoms with van der Waals surface area (Å²) in [6.45, 7) is 0.766. The molecule has 0 saturated carbocycles. The van der Waals surface area contributed by atoms with Gasteiger partial charge in [-0.25, -0.2) is 4.39 Å². The first kappa shape index (κ1) is 14.0. The maximum Gasteiger partial charge on any atom is 0.416 e. The lowest BCUT2D eigenvalue weighted by molar-refractivity contribution is -0.138. The lowest BCUT2D eigenvalue weighted by atomic mass is 10.0. The molecule has 0 bridgehead atoms. The van der Waals surface area contributed by atoms with Crippen LogP contribution in [0.25, 0.3) is 0 Å². The van der Waals surface area contributed by atoms with Crippen molar-refractivity contribution in [2.45, 2.75) is 25.4 Å². The van der Waals surface area contributed by atoms with Crippen LogP contribution in [0.15, 0.2) is 18.2 Å². The number of halogens is 4. The van der Waals surface area contributed by atoms with Crippen LogP contribution in [0.4, 0.5) is 17.6 Å². The number of aryl methyl sites for hydroxylation is 1. The van der Waals surface area contributed by atoms with Gasteiger partial charge in [-0.1, -0.05) is 6.07 Å². The molecular weight excluding hydrogens is 234 g/mol. The summed E-state index contributed by atoms with van der Waals surface area (Å²) < 4.78 is 50.7. The van der Waals surface area contributed by atoms with Crippen molar-refractivity contribution in [2.75, 3.05) is 13.6 Å². The maximum absolute atomic E-state index is 12.8. The molecule has 0 aliphatic rings. The third-order valence-corrected chi connectivity index (χ3v) is 2.50. The maximum atomic E-state index is 12.8. The van der Waals surface area contributed by atoms with E-state index in [1.165, 1.54) is 6.07 Å². The Morgan fingerprint density at radius 2 is 1.88 bits per heavy atom.